The van der Waals surface area contributed by atoms with Crippen molar-refractivity contribution in [2.75, 3.05) is 5.33 Å². The average Bonchev–Trinajstić information content (AvgIpc) is 1.87. The number of carbonyl (C=O) groups excluding carboxylic acids is 1. The molecule has 0 rings (SSSR count). The molecule has 2 nitrogen and oxygen atoms in total. The highest BCUT2D eigenvalue weighted by molar-refractivity contribution is 9.09. The Morgan fingerprint density at radius 2 is 2.44 bits per heavy atom. The first-order valence-electron chi connectivity index (χ1n) is 2.60. The largest absolute Gasteiger partial charge is 0.347 e. The first-order valence-corrected chi connectivity index (χ1v) is 4.03. The molecule has 0 aromatic heterocycles. The maximum Gasteiger partial charge on any atom is 0.327 e. The van der Waals surface area contributed by atoms with Gasteiger partial charge in [-0.3, -0.25) is 4.79 Å². The van der Waals surface area contributed by atoms with Gasteiger partial charge in [-0.25, -0.2) is 0 Å². The smallest absolute Gasteiger partial charge is 0.327 e. The molecule has 0 saturated carbocycles. The Balaban J connectivity index is 3.45. The SMILES string of the molecule is CC(CCBr)C(=O)OCl. The number of halogens is 2. The van der Waals surface area contributed by atoms with E-state index in [0.717, 1.165) is 11.8 Å². The van der Waals surface area contributed by atoms with Gasteiger partial charge in [0.1, 0.15) is 11.9 Å². The van der Waals surface area contributed by atoms with Crippen molar-refractivity contribution in [3.8, 4) is 0 Å². The minimum Gasteiger partial charge on any atom is -0.347 e. The summed E-state index contributed by atoms with van der Waals surface area (Å²) >= 11 is 8.01. The summed E-state index contributed by atoms with van der Waals surface area (Å²) in [5.74, 6) is -0.474. The van der Waals surface area contributed by atoms with Crippen LogP contribution in [-0.4, -0.2) is 11.3 Å². The summed E-state index contributed by atoms with van der Waals surface area (Å²) in [5.41, 5.74) is 0. The molecule has 0 aliphatic carbocycles. The molecule has 0 aliphatic rings. The fourth-order valence-electron chi connectivity index (χ4n) is 0.358. The van der Waals surface area contributed by atoms with E-state index in [-0.39, 0.29) is 11.9 Å². The summed E-state index contributed by atoms with van der Waals surface area (Å²) < 4.78 is 3.98. The Morgan fingerprint density at radius 1 is 1.89 bits per heavy atom. The van der Waals surface area contributed by atoms with Crippen LogP contribution in [0.4, 0.5) is 0 Å². The average molecular weight is 215 g/mol. The van der Waals surface area contributed by atoms with Crippen LogP contribution in [0.5, 0.6) is 0 Å². The van der Waals surface area contributed by atoms with E-state index in [1.807, 2.05) is 0 Å². The van der Waals surface area contributed by atoms with E-state index in [0.29, 0.717) is 0 Å². The normalized spacial score (nSPS) is 12.8. The van der Waals surface area contributed by atoms with Crippen molar-refractivity contribution in [2.24, 2.45) is 5.92 Å². The zero-order chi connectivity index (χ0) is 7.28. The van der Waals surface area contributed by atoms with Gasteiger partial charge in [0.15, 0.2) is 0 Å². The number of rotatable bonds is 3. The number of alkyl halides is 1. The van der Waals surface area contributed by atoms with Crippen LogP contribution in [0.3, 0.4) is 0 Å². The first kappa shape index (κ1) is 9.24. The van der Waals surface area contributed by atoms with Gasteiger partial charge in [0.05, 0.1) is 5.92 Å². The van der Waals surface area contributed by atoms with Crippen LogP contribution < -0.4 is 0 Å². The molecule has 1 unspecified atom stereocenters. The lowest BCUT2D eigenvalue weighted by Gasteiger charge is -2.02. The van der Waals surface area contributed by atoms with Crippen LogP contribution in [0, 0.1) is 5.92 Å². The van der Waals surface area contributed by atoms with Crippen molar-refractivity contribution in [3.05, 3.63) is 0 Å². The number of hydrogen-bond donors (Lipinski definition) is 0. The maximum absolute atomic E-state index is 10.5. The summed E-state index contributed by atoms with van der Waals surface area (Å²) in [4.78, 5) is 10.5. The molecule has 0 radical (unpaired) electrons. The molecular formula is C5H8BrClO2. The Kier molecular flexibility index (Phi) is 5.19. The zero-order valence-corrected chi connectivity index (χ0v) is 7.41. The third kappa shape index (κ3) is 3.76. The highest BCUT2D eigenvalue weighted by Gasteiger charge is 2.12. The van der Waals surface area contributed by atoms with Gasteiger partial charge in [-0.15, -0.1) is 0 Å². The van der Waals surface area contributed by atoms with E-state index in [9.17, 15) is 4.79 Å². The fourth-order valence-corrected chi connectivity index (χ4v) is 1.20. The lowest BCUT2D eigenvalue weighted by molar-refractivity contribution is -0.137. The molecule has 0 aromatic rings. The van der Waals surface area contributed by atoms with Crippen molar-refractivity contribution in [1.29, 1.82) is 0 Å². The number of hydrogen-bond acceptors (Lipinski definition) is 2. The highest BCUT2D eigenvalue weighted by Crippen LogP contribution is 2.06. The third-order valence-corrected chi connectivity index (χ3v) is 1.63. The molecule has 54 valence electrons. The van der Waals surface area contributed by atoms with Crippen LogP contribution in [0.1, 0.15) is 13.3 Å². The summed E-state index contributed by atoms with van der Waals surface area (Å²) in [6.45, 7) is 1.77. The third-order valence-electron chi connectivity index (χ3n) is 1.02. The fraction of sp³-hybridized carbons (Fsp3) is 0.800. The van der Waals surface area contributed by atoms with Crippen molar-refractivity contribution in [1.82, 2.24) is 0 Å². The molecular weight excluding hydrogens is 207 g/mol. The van der Waals surface area contributed by atoms with Crippen LogP contribution in [0.25, 0.3) is 0 Å². The van der Waals surface area contributed by atoms with Crippen molar-refractivity contribution in [2.45, 2.75) is 13.3 Å². The highest BCUT2D eigenvalue weighted by atomic mass is 79.9. The first-order chi connectivity index (χ1) is 4.22. The van der Waals surface area contributed by atoms with Gasteiger partial charge in [-0.2, -0.15) is 0 Å². The minimum atomic E-state index is -0.365. The second-order valence-corrected chi connectivity index (χ2v) is 2.72. The second-order valence-electron chi connectivity index (χ2n) is 1.77. The van der Waals surface area contributed by atoms with Gasteiger partial charge in [0, 0.05) is 5.33 Å². The summed E-state index contributed by atoms with van der Waals surface area (Å²) in [7, 11) is 0. The van der Waals surface area contributed by atoms with Crippen LogP contribution in [0.15, 0.2) is 0 Å². The number of carbonyl (C=O) groups is 1. The molecule has 0 aliphatic heterocycles. The summed E-state index contributed by atoms with van der Waals surface area (Å²) in [5, 5.41) is 0.792. The van der Waals surface area contributed by atoms with E-state index in [4.69, 9.17) is 11.9 Å². The monoisotopic (exact) mass is 214 g/mol. The molecule has 0 amide bonds. The van der Waals surface area contributed by atoms with Crippen molar-refractivity contribution < 1.29 is 9.08 Å². The predicted molar refractivity (Wildman–Crippen MR) is 39.5 cm³/mol. The molecule has 9 heavy (non-hydrogen) atoms. The quantitative estimate of drug-likeness (QED) is 0.674. The predicted octanol–water partition coefficient (Wildman–Crippen LogP) is 2.10. The van der Waals surface area contributed by atoms with Crippen LogP contribution >= 0.6 is 27.8 Å². The summed E-state index contributed by atoms with van der Waals surface area (Å²) in [6.07, 6.45) is 0.756. The molecule has 0 fully saturated rings. The Bertz CT molecular complexity index is 97.0. The molecule has 0 N–H and O–H groups in total. The molecule has 0 spiro atoms. The molecule has 4 heteroatoms. The topological polar surface area (TPSA) is 26.3 Å². The Hall–Kier alpha value is 0.240. The zero-order valence-electron chi connectivity index (χ0n) is 5.06. The Morgan fingerprint density at radius 3 is 2.78 bits per heavy atom. The second kappa shape index (κ2) is 5.06. The van der Waals surface area contributed by atoms with Crippen LogP contribution in [-0.2, 0) is 9.08 Å². The Labute approximate surface area is 67.8 Å². The molecule has 0 aromatic carbocycles. The lowest BCUT2D eigenvalue weighted by Crippen LogP contribution is -2.10. The molecule has 0 heterocycles. The van der Waals surface area contributed by atoms with Crippen molar-refractivity contribution >= 4 is 33.8 Å². The molecule has 0 bridgehead atoms. The van der Waals surface area contributed by atoms with Crippen LogP contribution in [0.2, 0.25) is 0 Å². The van der Waals surface area contributed by atoms with Gasteiger partial charge < -0.3 is 4.29 Å². The van der Waals surface area contributed by atoms with E-state index >= 15 is 0 Å². The molecule has 0 saturated heterocycles. The van der Waals surface area contributed by atoms with Gasteiger partial charge in [-0.05, 0) is 6.42 Å². The van der Waals surface area contributed by atoms with Gasteiger partial charge in [0.2, 0.25) is 0 Å². The van der Waals surface area contributed by atoms with E-state index in [1.54, 1.807) is 6.92 Å². The van der Waals surface area contributed by atoms with Gasteiger partial charge in [-0.1, -0.05) is 22.9 Å². The minimum absolute atomic E-state index is 0.109. The van der Waals surface area contributed by atoms with E-state index in [1.165, 1.54) is 0 Å². The van der Waals surface area contributed by atoms with E-state index < -0.39 is 0 Å². The standard InChI is InChI=1S/C5H8BrClO2/c1-4(2-3-6)5(8)9-7/h4H,2-3H2,1H3. The maximum atomic E-state index is 10.5. The van der Waals surface area contributed by atoms with Gasteiger partial charge >= 0.3 is 5.97 Å². The summed E-state index contributed by atoms with van der Waals surface area (Å²) in [6, 6.07) is 0. The van der Waals surface area contributed by atoms with E-state index in [2.05, 4.69) is 20.2 Å². The molecule has 1 atom stereocenters. The van der Waals surface area contributed by atoms with Gasteiger partial charge in [0.25, 0.3) is 0 Å². The lowest BCUT2D eigenvalue weighted by atomic mass is 10.1. The van der Waals surface area contributed by atoms with Crippen molar-refractivity contribution in [3.63, 3.8) is 0 Å².